The van der Waals surface area contributed by atoms with Crippen molar-refractivity contribution in [2.24, 2.45) is 0 Å². The molecule has 1 rings (SSSR count). The van der Waals surface area contributed by atoms with Crippen LogP contribution in [0.4, 0.5) is 0 Å². The molecule has 0 aliphatic carbocycles. The van der Waals surface area contributed by atoms with Crippen LogP contribution in [0.3, 0.4) is 0 Å². The first-order valence-corrected chi connectivity index (χ1v) is 4.50. The van der Waals surface area contributed by atoms with Gasteiger partial charge in [0.2, 0.25) is 0 Å². The topological polar surface area (TPSA) is 0 Å². The van der Waals surface area contributed by atoms with E-state index in [1.807, 2.05) is 0 Å². The molecule has 0 saturated carbocycles. The zero-order chi connectivity index (χ0) is 9.46. The summed E-state index contributed by atoms with van der Waals surface area (Å²) in [6.07, 6.45) is 0. The SMILES string of the molecule is Cc1c(C)c(C)c(C)c(C)c1C.Cl.Cl.Cl.Cl.[Ti]. The molecule has 0 aromatic heterocycles. The van der Waals surface area contributed by atoms with Crippen LogP contribution in [0.5, 0.6) is 0 Å². The smallest absolute Gasteiger partial charge is 0 e. The molecule has 0 unspecified atom stereocenters. The Morgan fingerprint density at radius 2 is 0.412 bits per heavy atom. The number of hydrogen-bond acceptors (Lipinski definition) is 0. The fraction of sp³-hybridized carbons (Fsp3) is 0.500. The van der Waals surface area contributed by atoms with Crippen LogP contribution in [0.25, 0.3) is 0 Å². The number of hydrogen-bond donors (Lipinski definition) is 0. The van der Waals surface area contributed by atoms with Crippen LogP contribution in [0.15, 0.2) is 0 Å². The molecule has 5 heteroatoms. The summed E-state index contributed by atoms with van der Waals surface area (Å²) >= 11 is 0. The van der Waals surface area contributed by atoms with Gasteiger partial charge in [-0.25, -0.2) is 0 Å². The molecule has 0 N–H and O–H groups in total. The Labute approximate surface area is 145 Å². The van der Waals surface area contributed by atoms with E-state index in [0.29, 0.717) is 0 Å². The minimum atomic E-state index is 0. The zero-order valence-corrected chi connectivity index (χ0v) is 16.0. The van der Waals surface area contributed by atoms with Crippen molar-refractivity contribution in [2.45, 2.75) is 41.5 Å². The van der Waals surface area contributed by atoms with E-state index in [2.05, 4.69) is 41.5 Å². The summed E-state index contributed by atoms with van der Waals surface area (Å²) in [7, 11) is 0. The van der Waals surface area contributed by atoms with Gasteiger partial charge in [0, 0.05) is 21.7 Å². The predicted octanol–water partition coefficient (Wildman–Crippen LogP) is 5.22. The molecule has 0 atom stereocenters. The first kappa shape index (κ1) is 30.8. The standard InChI is InChI=1S/C12H18.4ClH.Ti/c1-7-8(2)10(4)12(6)11(5)9(7)3;;;;;/h1-6H3;4*1H;. The van der Waals surface area contributed by atoms with Gasteiger partial charge in [0.05, 0.1) is 0 Å². The Kier molecular flexibility index (Phi) is 22.0. The summed E-state index contributed by atoms with van der Waals surface area (Å²) in [6, 6.07) is 0. The molecule has 0 saturated heterocycles. The minimum Gasteiger partial charge on any atom is -0.147 e. The monoisotopic (exact) mass is 354 g/mol. The molecule has 0 amide bonds. The third-order valence-electron chi connectivity index (χ3n) is 3.38. The van der Waals surface area contributed by atoms with Crippen molar-refractivity contribution in [1.82, 2.24) is 0 Å². The van der Waals surface area contributed by atoms with Gasteiger partial charge < -0.3 is 0 Å². The first-order chi connectivity index (χ1) is 5.46. The zero-order valence-electron chi connectivity index (χ0n) is 11.1. The second kappa shape index (κ2) is 12.1. The summed E-state index contributed by atoms with van der Waals surface area (Å²) in [5.41, 5.74) is 8.73. The molecular weight excluding hydrogens is 334 g/mol. The summed E-state index contributed by atoms with van der Waals surface area (Å²) in [4.78, 5) is 0. The predicted molar refractivity (Wildman–Crippen MR) is 83.9 cm³/mol. The Morgan fingerprint density at radius 3 is 0.471 bits per heavy atom. The maximum Gasteiger partial charge on any atom is 0 e. The average molecular weight is 356 g/mol. The molecule has 17 heavy (non-hydrogen) atoms. The number of rotatable bonds is 0. The van der Waals surface area contributed by atoms with Gasteiger partial charge in [-0.1, -0.05) is 0 Å². The van der Waals surface area contributed by atoms with E-state index in [-0.39, 0.29) is 71.3 Å². The Balaban J connectivity index is -0.0000000960. The maximum absolute atomic E-state index is 2.21. The fourth-order valence-corrected chi connectivity index (χ4v) is 1.69. The van der Waals surface area contributed by atoms with Crippen LogP contribution >= 0.6 is 49.6 Å². The van der Waals surface area contributed by atoms with Gasteiger partial charge in [0.1, 0.15) is 0 Å². The van der Waals surface area contributed by atoms with Crippen LogP contribution < -0.4 is 0 Å². The van der Waals surface area contributed by atoms with Gasteiger partial charge in [-0.15, -0.1) is 49.6 Å². The summed E-state index contributed by atoms with van der Waals surface area (Å²) in [5.74, 6) is 0. The van der Waals surface area contributed by atoms with Gasteiger partial charge in [0.15, 0.2) is 0 Å². The number of halogens is 4. The molecule has 0 bridgehead atoms. The Hall–Kier alpha value is 1.09. The van der Waals surface area contributed by atoms with Crippen LogP contribution in [0.2, 0.25) is 0 Å². The Bertz CT molecular complexity index is 233. The second-order valence-corrected chi connectivity index (χ2v) is 3.75. The van der Waals surface area contributed by atoms with E-state index in [0.717, 1.165) is 0 Å². The maximum atomic E-state index is 2.21. The van der Waals surface area contributed by atoms with Crippen molar-refractivity contribution in [3.05, 3.63) is 33.4 Å². The van der Waals surface area contributed by atoms with Gasteiger partial charge in [-0.2, -0.15) is 0 Å². The molecule has 1 aromatic carbocycles. The third-order valence-corrected chi connectivity index (χ3v) is 3.38. The van der Waals surface area contributed by atoms with E-state index in [1.54, 1.807) is 0 Å². The quantitative estimate of drug-likeness (QED) is 0.559. The fourth-order valence-electron chi connectivity index (χ4n) is 1.69. The molecule has 0 aliphatic rings. The van der Waals surface area contributed by atoms with Crippen LogP contribution in [-0.4, -0.2) is 0 Å². The molecular formula is C12H22Cl4Ti. The molecule has 0 fully saturated rings. The van der Waals surface area contributed by atoms with Gasteiger partial charge >= 0.3 is 0 Å². The van der Waals surface area contributed by atoms with E-state index in [9.17, 15) is 0 Å². The van der Waals surface area contributed by atoms with Gasteiger partial charge in [-0.3, -0.25) is 0 Å². The first-order valence-electron chi connectivity index (χ1n) is 4.50. The largest absolute Gasteiger partial charge is 0.147 e. The number of benzene rings is 1. The molecule has 0 heterocycles. The van der Waals surface area contributed by atoms with Crippen molar-refractivity contribution < 1.29 is 21.7 Å². The van der Waals surface area contributed by atoms with Gasteiger partial charge in [-0.05, 0) is 74.9 Å². The van der Waals surface area contributed by atoms with Gasteiger partial charge in [0.25, 0.3) is 0 Å². The van der Waals surface area contributed by atoms with E-state index in [4.69, 9.17) is 0 Å². The van der Waals surface area contributed by atoms with Crippen molar-refractivity contribution in [2.75, 3.05) is 0 Å². The molecule has 1 aromatic rings. The molecule has 0 spiro atoms. The van der Waals surface area contributed by atoms with Crippen molar-refractivity contribution in [1.29, 1.82) is 0 Å². The van der Waals surface area contributed by atoms with E-state index in [1.165, 1.54) is 33.4 Å². The molecule has 0 aliphatic heterocycles. The molecule has 102 valence electrons. The third kappa shape index (κ3) is 6.18. The van der Waals surface area contributed by atoms with Crippen LogP contribution in [-0.2, 0) is 21.7 Å². The summed E-state index contributed by atoms with van der Waals surface area (Å²) < 4.78 is 0. The van der Waals surface area contributed by atoms with E-state index >= 15 is 0 Å². The summed E-state index contributed by atoms with van der Waals surface area (Å²) in [5, 5.41) is 0. The Morgan fingerprint density at radius 1 is 0.353 bits per heavy atom. The van der Waals surface area contributed by atoms with Crippen molar-refractivity contribution in [3.63, 3.8) is 0 Å². The molecule has 0 radical (unpaired) electrons. The van der Waals surface area contributed by atoms with Crippen LogP contribution in [0, 0.1) is 41.5 Å². The van der Waals surface area contributed by atoms with Crippen LogP contribution in [0.1, 0.15) is 33.4 Å². The molecule has 0 nitrogen and oxygen atoms in total. The summed E-state index contributed by atoms with van der Waals surface area (Å²) in [6.45, 7) is 13.3. The van der Waals surface area contributed by atoms with E-state index < -0.39 is 0 Å². The van der Waals surface area contributed by atoms with Crippen molar-refractivity contribution in [3.8, 4) is 0 Å². The normalized spacial score (nSPS) is 7.41. The average Bonchev–Trinajstić information content (AvgIpc) is 2.08. The van der Waals surface area contributed by atoms with Crippen molar-refractivity contribution >= 4 is 49.6 Å². The second-order valence-electron chi connectivity index (χ2n) is 3.75. The minimum absolute atomic E-state index is 0.